The number of nitrogens with two attached hydrogens (primary N) is 2. The molecule has 0 saturated heterocycles. The molecule has 0 aliphatic heterocycles. The molecule has 102 valence electrons. The second-order valence-electron chi connectivity index (χ2n) is 4.35. The number of imidazole rings is 1. The van der Waals surface area contributed by atoms with Gasteiger partial charge in [-0.2, -0.15) is 15.0 Å². The third-order valence-electron chi connectivity index (χ3n) is 2.90. The maximum atomic E-state index is 5.64. The molecule has 0 aliphatic rings. The highest BCUT2D eigenvalue weighted by Gasteiger charge is 2.17. The smallest absolute Gasteiger partial charge is 0.241 e. The predicted octanol–water partition coefficient (Wildman–Crippen LogP) is 1.05. The SMILES string of the molecule is CCCc1c(C)nc(CC)n1-c1nc(N)nc(N)n1. The minimum Gasteiger partial charge on any atom is -0.368 e. The molecule has 4 N–H and O–H groups in total. The maximum Gasteiger partial charge on any atom is 0.241 e. The molecule has 0 saturated carbocycles. The molecule has 0 bridgehead atoms. The lowest BCUT2D eigenvalue weighted by Gasteiger charge is -2.10. The van der Waals surface area contributed by atoms with Crippen LogP contribution in [0.5, 0.6) is 0 Å². The zero-order valence-corrected chi connectivity index (χ0v) is 11.5. The van der Waals surface area contributed by atoms with Crippen molar-refractivity contribution in [2.24, 2.45) is 0 Å². The van der Waals surface area contributed by atoms with Gasteiger partial charge in [-0.3, -0.25) is 4.57 Å². The summed E-state index contributed by atoms with van der Waals surface area (Å²) >= 11 is 0. The Hall–Kier alpha value is -2.18. The number of aromatic nitrogens is 5. The highest BCUT2D eigenvalue weighted by atomic mass is 15.3. The Balaban J connectivity index is 2.64. The molecule has 0 fully saturated rings. The number of nitrogen functional groups attached to an aromatic ring is 2. The fourth-order valence-electron chi connectivity index (χ4n) is 2.13. The lowest BCUT2D eigenvalue weighted by molar-refractivity contribution is 0.766. The number of rotatable bonds is 4. The Morgan fingerprint density at radius 3 is 2.16 bits per heavy atom. The Morgan fingerprint density at radius 1 is 1.00 bits per heavy atom. The highest BCUT2D eigenvalue weighted by molar-refractivity contribution is 5.35. The standard InChI is InChI=1S/C12H19N7/c1-4-6-8-7(3)15-9(5-2)19(8)12-17-10(13)16-11(14)18-12/h4-6H2,1-3H3,(H4,13,14,16,17,18). The fourth-order valence-corrected chi connectivity index (χ4v) is 2.13. The van der Waals surface area contributed by atoms with E-state index in [1.165, 1.54) is 0 Å². The molecular formula is C12H19N7. The van der Waals surface area contributed by atoms with Crippen LogP contribution in [0.25, 0.3) is 5.95 Å². The lowest BCUT2D eigenvalue weighted by Crippen LogP contribution is -2.13. The zero-order valence-electron chi connectivity index (χ0n) is 11.5. The van der Waals surface area contributed by atoms with E-state index in [2.05, 4.69) is 26.9 Å². The number of hydrogen-bond acceptors (Lipinski definition) is 6. The van der Waals surface area contributed by atoms with E-state index < -0.39 is 0 Å². The third-order valence-corrected chi connectivity index (χ3v) is 2.90. The summed E-state index contributed by atoms with van der Waals surface area (Å²) in [7, 11) is 0. The van der Waals surface area contributed by atoms with Gasteiger partial charge in [-0.1, -0.05) is 20.3 Å². The van der Waals surface area contributed by atoms with Gasteiger partial charge >= 0.3 is 0 Å². The zero-order chi connectivity index (χ0) is 14.0. The lowest BCUT2D eigenvalue weighted by atomic mass is 10.2. The Labute approximate surface area is 112 Å². The van der Waals surface area contributed by atoms with Crippen molar-refractivity contribution in [3.05, 3.63) is 17.2 Å². The normalized spacial score (nSPS) is 10.9. The molecule has 0 aromatic carbocycles. The molecule has 0 spiro atoms. The van der Waals surface area contributed by atoms with Gasteiger partial charge in [-0.15, -0.1) is 0 Å². The minimum atomic E-state index is 0.123. The first-order valence-electron chi connectivity index (χ1n) is 6.41. The van der Waals surface area contributed by atoms with Gasteiger partial charge in [0.05, 0.1) is 5.69 Å². The Bertz CT molecular complexity index is 568. The van der Waals surface area contributed by atoms with E-state index in [-0.39, 0.29) is 11.9 Å². The molecule has 19 heavy (non-hydrogen) atoms. The van der Waals surface area contributed by atoms with E-state index in [0.717, 1.165) is 36.5 Å². The summed E-state index contributed by atoms with van der Waals surface area (Å²) in [5.74, 6) is 1.61. The predicted molar refractivity (Wildman–Crippen MR) is 73.9 cm³/mol. The first-order chi connectivity index (χ1) is 9.06. The van der Waals surface area contributed by atoms with Gasteiger partial charge < -0.3 is 11.5 Å². The van der Waals surface area contributed by atoms with E-state index in [1.807, 2.05) is 18.4 Å². The molecule has 2 aromatic rings. The number of hydrogen-bond donors (Lipinski definition) is 2. The monoisotopic (exact) mass is 261 g/mol. The van der Waals surface area contributed by atoms with Crippen molar-refractivity contribution in [1.82, 2.24) is 24.5 Å². The third kappa shape index (κ3) is 2.49. The molecule has 7 nitrogen and oxygen atoms in total. The van der Waals surface area contributed by atoms with Crippen LogP contribution in [0.1, 0.15) is 37.5 Å². The largest absolute Gasteiger partial charge is 0.368 e. The molecule has 2 aromatic heterocycles. The number of aryl methyl sites for hydroxylation is 2. The molecule has 0 radical (unpaired) electrons. The van der Waals surface area contributed by atoms with Crippen molar-refractivity contribution >= 4 is 11.9 Å². The summed E-state index contributed by atoms with van der Waals surface area (Å²) in [6, 6.07) is 0. The van der Waals surface area contributed by atoms with Gasteiger partial charge in [0.1, 0.15) is 5.82 Å². The molecular weight excluding hydrogens is 242 g/mol. The van der Waals surface area contributed by atoms with E-state index in [1.54, 1.807) is 0 Å². The van der Waals surface area contributed by atoms with E-state index >= 15 is 0 Å². The first kappa shape index (κ1) is 13.3. The molecule has 2 rings (SSSR count). The van der Waals surface area contributed by atoms with Crippen molar-refractivity contribution in [2.75, 3.05) is 11.5 Å². The van der Waals surface area contributed by atoms with E-state index in [4.69, 9.17) is 11.5 Å². The van der Waals surface area contributed by atoms with Gasteiger partial charge in [0, 0.05) is 12.1 Å². The van der Waals surface area contributed by atoms with Gasteiger partial charge in [0.15, 0.2) is 0 Å². The van der Waals surface area contributed by atoms with Crippen molar-refractivity contribution in [3.8, 4) is 5.95 Å². The summed E-state index contributed by atoms with van der Waals surface area (Å²) < 4.78 is 1.94. The second-order valence-corrected chi connectivity index (χ2v) is 4.35. The average molecular weight is 261 g/mol. The van der Waals surface area contributed by atoms with E-state index in [9.17, 15) is 0 Å². The van der Waals surface area contributed by atoms with Gasteiger partial charge in [0.25, 0.3) is 0 Å². The quantitative estimate of drug-likeness (QED) is 0.851. The number of anilines is 2. The fraction of sp³-hybridized carbons (Fsp3) is 0.500. The topological polar surface area (TPSA) is 109 Å². The molecule has 0 aliphatic carbocycles. The minimum absolute atomic E-state index is 0.123. The molecule has 7 heteroatoms. The molecule has 0 amide bonds. The van der Waals surface area contributed by atoms with Crippen LogP contribution in [0.3, 0.4) is 0 Å². The van der Waals surface area contributed by atoms with Crippen LogP contribution in [-0.2, 0) is 12.8 Å². The van der Waals surface area contributed by atoms with Crippen LogP contribution in [-0.4, -0.2) is 24.5 Å². The molecule has 2 heterocycles. The summed E-state index contributed by atoms with van der Waals surface area (Å²) in [4.78, 5) is 16.7. The van der Waals surface area contributed by atoms with Gasteiger partial charge in [-0.25, -0.2) is 4.98 Å². The van der Waals surface area contributed by atoms with Crippen LogP contribution >= 0.6 is 0 Å². The van der Waals surface area contributed by atoms with Crippen molar-refractivity contribution < 1.29 is 0 Å². The van der Waals surface area contributed by atoms with Crippen LogP contribution in [0.2, 0.25) is 0 Å². The van der Waals surface area contributed by atoms with Gasteiger partial charge in [0.2, 0.25) is 17.8 Å². The van der Waals surface area contributed by atoms with Crippen LogP contribution in [0.4, 0.5) is 11.9 Å². The maximum absolute atomic E-state index is 5.64. The van der Waals surface area contributed by atoms with Crippen molar-refractivity contribution in [3.63, 3.8) is 0 Å². The van der Waals surface area contributed by atoms with Gasteiger partial charge in [-0.05, 0) is 13.3 Å². The average Bonchev–Trinajstić information content (AvgIpc) is 2.65. The Morgan fingerprint density at radius 2 is 1.63 bits per heavy atom. The summed E-state index contributed by atoms with van der Waals surface area (Å²) in [6.45, 7) is 6.16. The van der Waals surface area contributed by atoms with Crippen LogP contribution < -0.4 is 11.5 Å². The van der Waals surface area contributed by atoms with Crippen LogP contribution in [0.15, 0.2) is 0 Å². The molecule has 0 atom stereocenters. The first-order valence-corrected chi connectivity index (χ1v) is 6.41. The van der Waals surface area contributed by atoms with Crippen molar-refractivity contribution in [1.29, 1.82) is 0 Å². The second kappa shape index (κ2) is 5.21. The summed E-state index contributed by atoms with van der Waals surface area (Å²) in [6.07, 6.45) is 2.71. The molecule has 0 unspecified atom stereocenters. The van der Waals surface area contributed by atoms with Crippen molar-refractivity contribution in [2.45, 2.75) is 40.0 Å². The highest BCUT2D eigenvalue weighted by Crippen LogP contribution is 2.18. The number of nitrogens with zero attached hydrogens (tertiary/aromatic N) is 5. The Kier molecular flexibility index (Phi) is 3.64. The summed E-state index contributed by atoms with van der Waals surface area (Å²) in [5.41, 5.74) is 13.4. The van der Waals surface area contributed by atoms with E-state index in [0.29, 0.717) is 5.95 Å². The summed E-state index contributed by atoms with van der Waals surface area (Å²) in [5, 5.41) is 0. The van der Waals surface area contributed by atoms with Crippen LogP contribution in [0, 0.1) is 6.92 Å².